The summed E-state index contributed by atoms with van der Waals surface area (Å²) in [7, 11) is 0. The number of aliphatic hydroxyl groups is 1. The molecule has 0 bridgehead atoms. The highest BCUT2D eigenvalue weighted by Crippen LogP contribution is 2.40. The third-order valence-electron chi connectivity index (χ3n) is 5.58. The second kappa shape index (κ2) is 6.63. The topological polar surface area (TPSA) is 73.7 Å². The number of β-amino-alcohol motifs (C(OH)–C–C–N with tert-alkyl or cyclic N) is 1. The summed E-state index contributed by atoms with van der Waals surface area (Å²) in [6, 6.07) is 5.64. The van der Waals surface area contributed by atoms with Crippen molar-refractivity contribution in [3.8, 4) is 0 Å². The van der Waals surface area contributed by atoms with E-state index < -0.39 is 5.41 Å². The Hall–Kier alpha value is -1.99. The van der Waals surface area contributed by atoms with Gasteiger partial charge in [0.15, 0.2) is 0 Å². The quantitative estimate of drug-likeness (QED) is 0.894. The molecule has 7 heteroatoms. The maximum absolute atomic E-state index is 13.0. The number of hydrogen-bond donors (Lipinski definition) is 1. The van der Waals surface area contributed by atoms with Crippen LogP contribution in [0.1, 0.15) is 34.6 Å². The molecule has 2 amide bonds. The fraction of sp³-hybridized carbons (Fsp3) is 0.526. The number of hydrogen-bond acceptors (Lipinski definition) is 5. The van der Waals surface area contributed by atoms with Gasteiger partial charge < -0.3 is 14.9 Å². The molecule has 1 aromatic carbocycles. The molecule has 0 aliphatic carbocycles. The molecule has 6 nitrogen and oxygen atoms in total. The SMILES string of the molecule is Cc1nc2ccc(C(=O)N3CC[C@]4(CCCN(CCO)C4=O)C3)cc2s1. The van der Waals surface area contributed by atoms with Gasteiger partial charge in [0.2, 0.25) is 5.91 Å². The number of aryl methyl sites for hydroxylation is 1. The number of carbonyl (C=O) groups is 2. The fourth-order valence-electron chi connectivity index (χ4n) is 4.27. The van der Waals surface area contributed by atoms with Gasteiger partial charge in [0.1, 0.15) is 0 Å². The van der Waals surface area contributed by atoms with Gasteiger partial charge in [-0.15, -0.1) is 11.3 Å². The summed E-state index contributed by atoms with van der Waals surface area (Å²) in [5, 5.41) is 10.2. The average molecular weight is 373 g/mol. The van der Waals surface area contributed by atoms with Gasteiger partial charge in [-0.25, -0.2) is 4.98 Å². The van der Waals surface area contributed by atoms with Crippen LogP contribution in [0.15, 0.2) is 18.2 Å². The van der Waals surface area contributed by atoms with Gasteiger partial charge in [0.25, 0.3) is 5.91 Å². The molecule has 2 aromatic rings. The van der Waals surface area contributed by atoms with Crippen molar-refractivity contribution in [3.63, 3.8) is 0 Å². The Morgan fingerprint density at radius 3 is 3.00 bits per heavy atom. The van der Waals surface area contributed by atoms with Crippen molar-refractivity contribution in [2.45, 2.75) is 26.2 Å². The van der Waals surface area contributed by atoms with Crippen molar-refractivity contribution >= 4 is 33.4 Å². The Labute approximate surface area is 156 Å². The van der Waals surface area contributed by atoms with Crippen molar-refractivity contribution in [3.05, 3.63) is 28.8 Å². The lowest BCUT2D eigenvalue weighted by atomic mass is 9.78. The van der Waals surface area contributed by atoms with E-state index in [-0.39, 0.29) is 18.4 Å². The van der Waals surface area contributed by atoms with E-state index in [1.165, 1.54) is 0 Å². The number of carbonyl (C=O) groups excluding carboxylic acids is 2. The van der Waals surface area contributed by atoms with Crippen LogP contribution in [-0.4, -0.2) is 64.5 Å². The van der Waals surface area contributed by atoms with E-state index in [2.05, 4.69) is 4.98 Å². The van der Waals surface area contributed by atoms with Gasteiger partial charge in [-0.1, -0.05) is 0 Å². The highest BCUT2D eigenvalue weighted by atomic mass is 32.1. The number of aliphatic hydroxyl groups excluding tert-OH is 1. The first-order valence-corrected chi connectivity index (χ1v) is 9.91. The zero-order chi connectivity index (χ0) is 18.3. The summed E-state index contributed by atoms with van der Waals surface area (Å²) in [6.45, 7) is 4.12. The summed E-state index contributed by atoms with van der Waals surface area (Å²) in [6.07, 6.45) is 2.46. The average Bonchev–Trinajstić information content (AvgIpc) is 3.21. The van der Waals surface area contributed by atoms with Crippen LogP contribution >= 0.6 is 11.3 Å². The molecule has 26 heavy (non-hydrogen) atoms. The largest absolute Gasteiger partial charge is 0.395 e. The van der Waals surface area contributed by atoms with E-state index in [4.69, 9.17) is 0 Å². The molecule has 0 radical (unpaired) electrons. The number of thiazole rings is 1. The maximum atomic E-state index is 13.0. The highest BCUT2D eigenvalue weighted by Gasteiger charge is 2.49. The summed E-state index contributed by atoms with van der Waals surface area (Å²) < 4.78 is 1.02. The predicted octanol–water partition coefficient (Wildman–Crippen LogP) is 2.05. The first kappa shape index (κ1) is 17.4. The third kappa shape index (κ3) is 2.89. The van der Waals surface area contributed by atoms with Crippen LogP contribution in [0.5, 0.6) is 0 Å². The van der Waals surface area contributed by atoms with Crippen LogP contribution < -0.4 is 0 Å². The standard InChI is InChI=1S/C19H23N3O3S/c1-13-20-15-4-3-14(11-16(15)26-13)17(24)22-8-6-19(12-22)5-2-7-21(9-10-23)18(19)25/h3-4,11,23H,2,5-10,12H2,1H3/t19-/m1/s1. The van der Waals surface area contributed by atoms with Crippen LogP contribution in [0, 0.1) is 12.3 Å². The van der Waals surface area contributed by atoms with Gasteiger partial charge >= 0.3 is 0 Å². The van der Waals surface area contributed by atoms with Crippen molar-refractivity contribution in [2.75, 3.05) is 32.8 Å². The minimum Gasteiger partial charge on any atom is -0.395 e. The fourth-order valence-corrected chi connectivity index (χ4v) is 5.13. The van der Waals surface area contributed by atoms with Gasteiger partial charge in [0.05, 0.1) is 27.2 Å². The number of likely N-dealkylation sites (tertiary alicyclic amines) is 2. The molecule has 1 atom stereocenters. The molecule has 2 aliphatic heterocycles. The van der Waals surface area contributed by atoms with E-state index >= 15 is 0 Å². The molecule has 2 saturated heterocycles. The smallest absolute Gasteiger partial charge is 0.253 e. The van der Waals surface area contributed by atoms with E-state index in [1.807, 2.05) is 30.0 Å². The number of piperidine rings is 1. The van der Waals surface area contributed by atoms with Crippen molar-refractivity contribution in [1.29, 1.82) is 0 Å². The number of aromatic nitrogens is 1. The van der Waals surface area contributed by atoms with Gasteiger partial charge in [-0.3, -0.25) is 9.59 Å². The van der Waals surface area contributed by atoms with E-state index in [9.17, 15) is 14.7 Å². The van der Waals surface area contributed by atoms with E-state index in [1.54, 1.807) is 16.2 Å². The second-order valence-electron chi connectivity index (χ2n) is 7.29. The lowest BCUT2D eigenvalue weighted by Crippen LogP contribution is -2.51. The monoisotopic (exact) mass is 373 g/mol. The molecule has 4 rings (SSSR count). The van der Waals surface area contributed by atoms with E-state index in [0.717, 1.165) is 28.1 Å². The van der Waals surface area contributed by atoms with Crippen LogP contribution in [0.3, 0.4) is 0 Å². The summed E-state index contributed by atoms with van der Waals surface area (Å²) >= 11 is 1.59. The van der Waals surface area contributed by atoms with Gasteiger partial charge in [-0.2, -0.15) is 0 Å². The molecule has 138 valence electrons. The third-order valence-corrected chi connectivity index (χ3v) is 6.51. The molecule has 2 fully saturated rings. The molecule has 1 aromatic heterocycles. The molecule has 0 saturated carbocycles. The first-order valence-electron chi connectivity index (χ1n) is 9.09. The number of nitrogens with zero attached hydrogens (tertiary/aromatic N) is 3. The van der Waals surface area contributed by atoms with Crippen LogP contribution in [-0.2, 0) is 4.79 Å². The molecule has 2 aliphatic rings. The molecule has 1 N–H and O–H groups in total. The molecule has 1 spiro atoms. The van der Waals surface area contributed by atoms with Crippen LogP contribution in [0.25, 0.3) is 10.2 Å². The zero-order valence-electron chi connectivity index (χ0n) is 14.9. The highest BCUT2D eigenvalue weighted by molar-refractivity contribution is 7.18. The minimum absolute atomic E-state index is 0.0121. The Balaban J connectivity index is 1.53. The normalized spacial score (nSPS) is 23.4. The Morgan fingerprint density at radius 2 is 2.19 bits per heavy atom. The minimum atomic E-state index is -0.464. The van der Waals surface area contributed by atoms with E-state index in [0.29, 0.717) is 38.2 Å². The van der Waals surface area contributed by atoms with Gasteiger partial charge in [0, 0.05) is 31.7 Å². The molecular weight excluding hydrogens is 350 g/mol. The predicted molar refractivity (Wildman–Crippen MR) is 100 cm³/mol. The number of rotatable bonds is 3. The van der Waals surface area contributed by atoms with Crippen molar-refractivity contribution < 1.29 is 14.7 Å². The van der Waals surface area contributed by atoms with Crippen LogP contribution in [0.4, 0.5) is 0 Å². The summed E-state index contributed by atoms with van der Waals surface area (Å²) in [5.74, 6) is 0.0866. The van der Waals surface area contributed by atoms with Gasteiger partial charge in [-0.05, 0) is 44.4 Å². The van der Waals surface area contributed by atoms with Crippen LogP contribution in [0.2, 0.25) is 0 Å². The van der Waals surface area contributed by atoms with Crippen molar-refractivity contribution in [2.24, 2.45) is 5.41 Å². The summed E-state index contributed by atoms with van der Waals surface area (Å²) in [4.78, 5) is 33.9. The zero-order valence-corrected chi connectivity index (χ0v) is 15.7. The maximum Gasteiger partial charge on any atom is 0.253 e. The lowest BCUT2D eigenvalue weighted by Gasteiger charge is -2.39. The Morgan fingerprint density at radius 1 is 1.35 bits per heavy atom. The second-order valence-corrected chi connectivity index (χ2v) is 8.53. The summed E-state index contributed by atoms with van der Waals surface area (Å²) in [5.41, 5.74) is 1.12. The molecular formula is C19H23N3O3S. The Bertz CT molecular complexity index is 863. The van der Waals surface area contributed by atoms with Crippen molar-refractivity contribution in [1.82, 2.24) is 14.8 Å². The lowest BCUT2D eigenvalue weighted by molar-refractivity contribution is -0.146. The Kier molecular flexibility index (Phi) is 4.44. The first-order chi connectivity index (χ1) is 12.5. The molecule has 0 unspecified atom stereocenters. The number of amides is 2. The molecule has 3 heterocycles. The number of fused-ring (bicyclic) bond motifs is 1. The number of benzene rings is 1.